The number of ether oxygens (including phenoxy) is 2. The van der Waals surface area contributed by atoms with Gasteiger partial charge in [0.05, 0.1) is 24.5 Å². The maximum atomic E-state index is 12.6. The van der Waals surface area contributed by atoms with E-state index in [1.165, 1.54) is 89.9 Å². The molecule has 0 bridgehead atoms. The topological polar surface area (TPSA) is 52.6 Å². The van der Waals surface area contributed by atoms with Gasteiger partial charge in [-0.15, -0.1) is 0 Å². The molecule has 0 saturated heterocycles. The van der Waals surface area contributed by atoms with E-state index in [0.29, 0.717) is 19.4 Å². The number of rotatable bonds is 21. The number of hydrogen-bond acceptors (Lipinski definition) is 4. The Labute approximate surface area is 210 Å². The van der Waals surface area contributed by atoms with Gasteiger partial charge in [-0.25, -0.2) is 0 Å². The molecule has 0 aliphatic heterocycles. The molecule has 0 radical (unpaired) electrons. The minimum Gasteiger partial charge on any atom is -0.465 e. The summed E-state index contributed by atoms with van der Waals surface area (Å²) in [6.07, 6.45) is 27.0. The number of esters is 2. The third-order valence-corrected chi connectivity index (χ3v) is 7.17. The molecule has 198 valence electrons. The summed E-state index contributed by atoms with van der Waals surface area (Å²) in [6, 6.07) is 0. The third-order valence-electron chi connectivity index (χ3n) is 7.17. The summed E-state index contributed by atoms with van der Waals surface area (Å²) in [5, 5.41) is 0. The zero-order chi connectivity index (χ0) is 24.9. The van der Waals surface area contributed by atoms with Crippen LogP contribution in [-0.2, 0) is 19.1 Å². The molecule has 1 rings (SSSR count). The average molecular weight is 479 g/mol. The summed E-state index contributed by atoms with van der Waals surface area (Å²) < 4.78 is 11.0. The molecule has 0 aromatic heterocycles. The number of unbranched alkanes of at least 4 members (excludes halogenated alkanes) is 15. The minimum absolute atomic E-state index is 0.111. The highest BCUT2D eigenvalue weighted by Crippen LogP contribution is 2.28. The molecule has 0 heterocycles. The average Bonchev–Trinajstić information content (AvgIpc) is 2.85. The van der Waals surface area contributed by atoms with Crippen LogP contribution in [0.5, 0.6) is 0 Å². The highest BCUT2D eigenvalue weighted by molar-refractivity contribution is 5.82. The summed E-state index contributed by atoms with van der Waals surface area (Å²) in [4.78, 5) is 25.0. The Hall–Kier alpha value is -1.32. The molecular weight excluding hydrogens is 424 g/mol. The molecule has 0 N–H and O–H groups in total. The maximum Gasteiger partial charge on any atom is 0.310 e. The molecule has 3 atom stereocenters. The molecule has 0 aromatic rings. The fourth-order valence-corrected chi connectivity index (χ4v) is 4.63. The lowest BCUT2D eigenvalue weighted by atomic mass is 9.83. The van der Waals surface area contributed by atoms with Gasteiger partial charge in [-0.2, -0.15) is 0 Å². The van der Waals surface area contributed by atoms with Crippen molar-refractivity contribution in [1.29, 1.82) is 0 Å². The van der Waals surface area contributed by atoms with E-state index in [0.717, 1.165) is 19.3 Å². The van der Waals surface area contributed by atoms with Crippen molar-refractivity contribution in [2.75, 3.05) is 6.61 Å². The van der Waals surface area contributed by atoms with Gasteiger partial charge < -0.3 is 9.47 Å². The van der Waals surface area contributed by atoms with Crippen LogP contribution in [0.3, 0.4) is 0 Å². The van der Waals surface area contributed by atoms with E-state index >= 15 is 0 Å². The zero-order valence-corrected chi connectivity index (χ0v) is 22.7. The fourth-order valence-electron chi connectivity index (χ4n) is 4.63. The van der Waals surface area contributed by atoms with Crippen molar-refractivity contribution >= 4 is 11.9 Å². The van der Waals surface area contributed by atoms with Crippen LogP contribution in [-0.4, -0.2) is 24.6 Å². The molecule has 4 nitrogen and oxygen atoms in total. The Balaban J connectivity index is 1.98. The lowest BCUT2D eigenvalue weighted by Crippen LogP contribution is -2.35. The highest BCUT2D eigenvalue weighted by atomic mass is 16.5. The summed E-state index contributed by atoms with van der Waals surface area (Å²) in [7, 11) is 0. The van der Waals surface area contributed by atoms with Crippen molar-refractivity contribution in [3.8, 4) is 0 Å². The van der Waals surface area contributed by atoms with Gasteiger partial charge >= 0.3 is 11.9 Å². The zero-order valence-electron chi connectivity index (χ0n) is 22.7. The van der Waals surface area contributed by atoms with E-state index in [1.807, 2.05) is 26.0 Å². The summed E-state index contributed by atoms with van der Waals surface area (Å²) in [5.41, 5.74) is 0. The van der Waals surface area contributed by atoms with Gasteiger partial charge in [0.2, 0.25) is 0 Å². The molecule has 3 unspecified atom stereocenters. The second kappa shape index (κ2) is 21.0. The Morgan fingerprint density at radius 3 is 1.53 bits per heavy atom. The number of allylic oxidation sites excluding steroid dienone is 2. The van der Waals surface area contributed by atoms with Crippen LogP contribution < -0.4 is 0 Å². The molecular formula is C30H54O4. The van der Waals surface area contributed by atoms with Crippen LogP contribution in [0, 0.1) is 11.8 Å². The molecule has 4 heteroatoms. The predicted octanol–water partition coefficient (Wildman–Crippen LogP) is 8.72. The van der Waals surface area contributed by atoms with Gasteiger partial charge in [-0.05, 0) is 32.6 Å². The Kier molecular flexibility index (Phi) is 19.0. The summed E-state index contributed by atoms with van der Waals surface area (Å²) >= 11 is 0. The van der Waals surface area contributed by atoms with Crippen LogP contribution in [0.25, 0.3) is 0 Å². The first-order valence-corrected chi connectivity index (χ1v) is 14.6. The van der Waals surface area contributed by atoms with Crippen LogP contribution in [0.15, 0.2) is 12.2 Å². The van der Waals surface area contributed by atoms with E-state index in [-0.39, 0.29) is 18.0 Å². The minimum atomic E-state index is -0.405. The number of carbonyl (C=O) groups excluding carboxylic acids is 2. The van der Waals surface area contributed by atoms with Gasteiger partial charge in [0.15, 0.2) is 0 Å². The summed E-state index contributed by atoms with van der Waals surface area (Å²) in [5.74, 6) is -1.31. The molecule has 0 amide bonds. The Bertz CT molecular complexity index is 542. The molecule has 1 aliphatic rings. The Morgan fingerprint density at radius 1 is 0.676 bits per heavy atom. The van der Waals surface area contributed by atoms with Crippen molar-refractivity contribution < 1.29 is 19.1 Å². The van der Waals surface area contributed by atoms with Crippen LogP contribution in [0.4, 0.5) is 0 Å². The first-order valence-electron chi connectivity index (χ1n) is 14.6. The van der Waals surface area contributed by atoms with E-state index in [9.17, 15) is 9.59 Å². The van der Waals surface area contributed by atoms with Gasteiger partial charge in [0.1, 0.15) is 0 Å². The smallest absolute Gasteiger partial charge is 0.310 e. The molecule has 1 aliphatic carbocycles. The standard InChI is InChI=1S/C30H54O4/c1-4-6-7-8-9-10-11-12-13-14-15-16-17-18-19-22-25-33-29(31)27-23-20-21-24-28(27)30(32)34-26(3)5-2/h20-21,26-28H,4-19,22-25H2,1-3H3. The molecule has 0 spiro atoms. The molecule has 0 fully saturated rings. The van der Waals surface area contributed by atoms with Crippen molar-refractivity contribution in [1.82, 2.24) is 0 Å². The van der Waals surface area contributed by atoms with E-state index in [2.05, 4.69) is 6.92 Å². The summed E-state index contributed by atoms with van der Waals surface area (Å²) in [6.45, 7) is 6.62. The van der Waals surface area contributed by atoms with Crippen molar-refractivity contribution in [3.05, 3.63) is 12.2 Å². The molecule has 0 saturated carbocycles. The normalized spacial score (nSPS) is 18.6. The second-order valence-corrected chi connectivity index (χ2v) is 10.3. The maximum absolute atomic E-state index is 12.6. The van der Waals surface area contributed by atoms with Gasteiger partial charge in [0.25, 0.3) is 0 Å². The SMILES string of the molecule is CCCCCCCCCCCCCCCCCCOC(=O)C1CC=CCC1C(=O)OC(C)CC. The van der Waals surface area contributed by atoms with Gasteiger partial charge in [-0.1, -0.05) is 122 Å². The monoisotopic (exact) mass is 478 g/mol. The fraction of sp³-hybridized carbons (Fsp3) is 0.867. The van der Waals surface area contributed by atoms with E-state index < -0.39 is 11.8 Å². The largest absolute Gasteiger partial charge is 0.465 e. The number of carbonyl (C=O) groups is 2. The van der Waals surface area contributed by atoms with E-state index in [1.54, 1.807) is 0 Å². The van der Waals surface area contributed by atoms with Crippen LogP contribution in [0.1, 0.15) is 143 Å². The van der Waals surface area contributed by atoms with Crippen molar-refractivity contribution in [3.63, 3.8) is 0 Å². The van der Waals surface area contributed by atoms with Crippen molar-refractivity contribution in [2.24, 2.45) is 11.8 Å². The third kappa shape index (κ3) is 14.8. The van der Waals surface area contributed by atoms with Gasteiger partial charge in [-0.3, -0.25) is 9.59 Å². The first kappa shape index (κ1) is 30.7. The van der Waals surface area contributed by atoms with Crippen LogP contribution >= 0.6 is 0 Å². The lowest BCUT2D eigenvalue weighted by Gasteiger charge is -2.26. The highest BCUT2D eigenvalue weighted by Gasteiger charge is 2.36. The van der Waals surface area contributed by atoms with Crippen molar-refractivity contribution in [2.45, 2.75) is 149 Å². The lowest BCUT2D eigenvalue weighted by molar-refractivity contribution is -0.164. The van der Waals surface area contributed by atoms with Crippen LogP contribution in [0.2, 0.25) is 0 Å². The van der Waals surface area contributed by atoms with Gasteiger partial charge in [0, 0.05) is 0 Å². The molecule has 0 aromatic carbocycles. The number of hydrogen-bond donors (Lipinski definition) is 0. The molecule has 34 heavy (non-hydrogen) atoms. The second-order valence-electron chi connectivity index (χ2n) is 10.3. The Morgan fingerprint density at radius 2 is 1.09 bits per heavy atom. The van der Waals surface area contributed by atoms with E-state index in [4.69, 9.17) is 9.47 Å². The quantitative estimate of drug-likeness (QED) is 0.0940. The first-order chi connectivity index (χ1) is 16.6. The predicted molar refractivity (Wildman–Crippen MR) is 142 cm³/mol.